The van der Waals surface area contributed by atoms with E-state index in [4.69, 9.17) is 5.73 Å². The minimum absolute atomic E-state index is 0.345. The van der Waals surface area contributed by atoms with Crippen molar-refractivity contribution in [2.75, 3.05) is 0 Å². The van der Waals surface area contributed by atoms with Gasteiger partial charge in [-0.25, -0.2) is 9.98 Å². The fourth-order valence-corrected chi connectivity index (χ4v) is 2.60. The largest absolute Gasteiger partial charge is 0.319 e. The minimum atomic E-state index is -0.686. The third kappa shape index (κ3) is 2.36. The predicted octanol–water partition coefficient (Wildman–Crippen LogP) is 1.02. The molecule has 0 saturated heterocycles. The maximum atomic E-state index is 6.37. The third-order valence-corrected chi connectivity index (χ3v) is 4.46. The van der Waals surface area contributed by atoms with Crippen molar-refractivity contribution in [1.82, 2.24) is 10.6 Å². The first-order valence-electron chi connectivity index (χ1n) is 7.03. The van der Waals surface area contributed by atoms with E-state index in [1.54, 1.807) is 6.34 Å². The molecule has 0 bridgehead atoms. The van der Waals surface area contributed by atoms with Gasteiger partial charge in [-0.3, -0.25) is 5.73 Å². The first-order valence-corrected chi connectivity index (χ1v) is 7.03. The zero-order valence-electron chi connectivity index (χ0n) is 11.2. The van der Waals surface area contributed by atoms with Crippen molar-refractivity contribution < 1.29 is 0 Å². The van der Waals surface area contributed by atoms with Gasteiger partial charge in [0.15, 0.2) is 11.7 Å². The Kier molecular flexibility index (Phi) is 2.81. The standard InChI is InChI=1S/C13H23N5/c1-8(10-3-4-10)13(14)16-7-15-12(18-13)17-9(2)11-5-6-11/h7-11H,3-6,14H2,1-2H3,(H2,15,16,17,18)/t8-,9-,13?/m1/s1. The first kappa shape index (κ1) is 12.0. The molecule has 0 amide bonds. The lowest BCUT2D eigenvalue weighted by atomic mass is 9.98. The molecule has 0 aromatic heterocycles. The summed E-state index contributed by atoms with van der Waals surface area (Å²) in [6, 6.07) is 0.368. The molecule has 1 unspecified atom stereocenters. The minimum Gasteiger partial charge on any atom is -0.319 e. The number of hydrogen-bond donors (Lipinski definition) is 3. The van der Waals surface area contributed by atoms with E-state index in [2.05, 4.69) is 34.5 Å². The van der Waals surface area contributed by atoms with Crippen molar-refractivity contribution in [3.63, 3.8) is 0 Å². The molecule has 3 rings (SSSR count). The molecule has 0 radical (unpaired) electrons. The van der Waals surface area contributed by atoms with Crippen LogP contribution in [0.25, 0.3) is 0 Å². The quantitative estimate of drug-likeness (QED) is 0.696. The van der Waals surface area contributed by atoms with Gasteiger partial charge in [-0.2, -0.15) is 0 Å². The van der Waals surface area contributed by atoms with Gasteiger partial charge in [-0.05, 0) is 44.4 Å². The van der Waals surface area contributed by atoms with Crippen molar-refractivity contribution in [2.24, 2.45) is 33.5 Å². The van der Waals surface area contributed by atoms with E-state index in [9.17, 15) is 0 Å². The fraction of sp³-hybridized carbons (Fsp3) is 0.846. The molecule has 18 heavy (non-hydrogen) atoms. The van der Waals surface area contributed by atoms with E-state index < -0.39 is 5.79 Å². The number of nitrogens with one attached hydrogen (secondary N) is 2. The third-order valence-electron chi connectivity index (χ3n) is 4.46. The van der Waals surface area contributed by atoms with Crippen molar-refractivity contribution >= 4 is 12.3 Å². The number of guanidine groups is 1. The summed E-state index contributed by atoms with van der Waals surface area (Å²) in [4.78, 5) is 9.07. The van der Waals surface area contributed by atoms with E-state index in [-0.39, 0.29) is 0 Å². The van der Waals surface area contributed by atoms with Gasteiger partial charge < -0.3 is 10.6 Å². The lowest BCUT2D eigenvalue weighted by Gasteiger charge is -2.36. The molecule has 2 saturated carbocycles. The lowest BCUT2D eigenvalue weighted by Crippen LogP contribution is -2.65. The molecule has 1 heterocycles. The molecule has 3 aliphatic rings. The highest BCUT2D eigenvalue weighted by atomic mass is 15.4. The molecule has 5 heteroatoms. The van der Waals surface area contributed by atoms with Gasteiger partial charge in [0.05, 0.1) is 12.4 Å². The van der Waals surface area contributed by atoms with E-state index in [0.717, 1.165) is 11.9 Å². The Morgan fingerprint density at radius 1 is 1.33 bits per heavy atom. The topological polar surface area (TPSA) is 74.8 Å². The van der Waals surface area contributed by atoms with Gasteiger partial charge >= 0.3 is 0 Å². The van der Waals surface area contributed by atoms with Gasteiger partial charge in [0.2, 0.25) is 0 Å². The summed E-state index contributed by atoms with van der Waals surface area (Å²) in [6.45, 7) is 4.34. The van der Waals surface area contributed by atoms with Crippen molar-refractivity contribution in [3.05, 3.63) is 0 Å². The number of nitrogens with zero attached hydrogens (tertiary/aromatic N) is 2. The van der Waals surface area contributed by atoms with Crippen LogP contribution in [0, 0.1) is 17.8 Å². The highest BCUT2D eigenvalue weighted by molar-refractivity contribution is 5.92. The highest BCUT2D eigenvalue weighted by Gasteiger charge is 2.43. The fourth-order valence-electron chi connectivity index (χ4n) is 2.60. The average molecular weight is 249 g/mol. The zero-order chi connectivity index (χ0) is 12.8. The molecule has 2 aliphatic carbocycles. The number of aliphatic imine (C=N–C) groups is 2. The highest BCUT2D eigenvalue weighted by Crippen LogP contribution is 2.41. The predicted molar refractivity (Wildman–Crippen MR) is 73.2 cm³/mol. The summed E-state index contributed by atoms with van der Waals surface area (Å²) in [5, 5.41) is 6.35. The Hall–Kier alpha value is -1.10. The molecule has 100 valence electrons. The van der Waals surface area contributed by atoms with E-state index in [1.807, 2.05) is 0 Å². The van der Waals surface area contributed by atoms with E-state index in [1.165, 1.54) is 25.7 Å². The van der Waals surface area contributed by atoms with Gasteiger partial charge in [0, 0.05) is 5.92 Å². The summed E-state index contributed by atoms with van der Waals surface area (Å²) < 4.78 is 0. The zero-order valence-corrected chi connectivity index (χ0v) is 11.2. The molecular weight excluding hydrogens is 226 g/mol. The molecule has 5 nitrogen and oxygen atoms in total. The van der Waals surface area contributed by atoms with Crippen molar-refractivity contribution in [1.29, 1.82) is 0 Å². The normalized spacial score (nSPS) is 36.9. The Morgan fingerprint density at radius 3 is 2.61 bits per heavy atom. The van der Waals surface area contributed by atoms with Crippen molar-refractivity contribution in [2.45, 2.75) is 51.4 Å². The summed E-state index contributed by atoms with van der Waals surface area (Å²) >= 11 is 0. The second-order valence-corrected chi connectivity index (χ2v) is 6.03. The monoisotopic (exact) mass is 249 g/mol. The van der Waals surface area contributed by atoms with Gasteiger partial charge in [-0.15, -0.1) is 0 Å². The van der Waals surface area contributed by atoms with E-state index in [0.29, 0.717) is 17.9 Å². The Labute approximate surface area is 108 Å². The van der Waals surface area contributed by atoms with E-state index >= 15 is 0 Å². The lowest BCUT2D eigenvalue weighted by molar-refractivity contribution is 0.244. The Bertz CT molecular complexity index is 383. The number of hydrogen-bond acceptors (Lipinski definition) is 3. The van der Waals surface area contributed by atoms with Crippen LogP contribution in [-0.2, 0) is 0 Å². The molecular formula is C13H23N5. The first-order chi connectivity index (χ1) is 8.58. The maximum Gasteiger partial charge on any atom is 0.199 e. The summed E-state index contributed by atoms with van der Waals surface area (Å²) in [6.07, 6.45) is 6.84. The molecule has 3 atom stereocenters. The molecule has 4 N–H and O–H groups in total. The van der Waals surface area contributed by atoms with Crippen molar-refractivity contribution in [3.8, 4) is 0 Å². The smallest absolute Gasteiger partial charge is 0.199 e. The van der Waals surface area contributed by atoms with Crippen LogP contribution in [0.5, 0.6) is 0 Å². The number of rotatable bonds is 4. The Morgan fingerprint density at radius 2 is 2.00 bits per heavy atom. The van der Waals surface area contributed by atoms with Gasteiger partial charge in [-0.1, -0.05) is 6.92 Å². The second-order valence-electron chi connectivity index (χ2n) is 6.03. The van der Waals surface area contributed by atoms with Crippen LogP contribution >= 0.6 is 0 Å². The average Bonchev–Trinajstić information content (AvgIpc) is 3.17. The van der Waals surface area contributed by atoms with Crippen LogP contribution in [0.2, 0.25) is 0 Å². The maximum absolute atomic E-state index is 6.37. The van der Waals surface area contributed by atoms with Crippen LogP contribution in [0.3, 0.4) is 0 Å². The van der Waals surface area contributed by atoms with Crippen LogP contribution in [0.4, 0.5) is 0 Å². The molecule has 0 aromatic rings. The number of nitrogens with two attached hydrogens (primary N) is 1. The van der Waals surface area contributed by atoms with Gasteiger partial charge in [0.25, 0.3) is 0 Å². The molecule has 1 aliphatic heterocycles. The molecule has 0 aromatic carbocycles. The summed E-state index contributed by atoms with van der Waals surface area (Å²) in [5.74, 6) is 1.90. The van der Waals surface area contributed by atoms with Crippen LogP contribution in [0.1, 0.15) is 39.5 Å². The van der Waals surface area contributed by atoms with Gasteiger partial charge in [0.1, 0.15) is 0 Å². The van der Waals surface area contributed by atoms with Crippen LogP contribution < -0.4 is 16.4 Å². The SMILES string of the molecule is C[C@H](C1CC1)C1(N)N=CNC(=N[C@H](C)C2CC2)N1. The summed E-state index contributed by atoms with van der Waals surface area (Å²) in [5.41, 5.74) is 6.37. The Balaban J connectivity index is 1.70. The molecule has 2 fully saturated rings. The molecule has 0 spiro atoms. The van der Waals surface area contributed by atoms with Crippen LogP contribution in [-0.4, -0.2) is 24.1 Å². The summed E-state index contributed by atoms with van der Waals surface area (Å²) in [7, 11) is 0. The van der Waals surface area contributed by atoms with Crippen LogP contribution in [0.15, 0.2) is 9.98 Å². The second kappa shape index (κ2) is 4.23.